The summed E-state index contributed by atoms with van der Waals surface area (Å²) in [6, 6.07) is 0.993. The van der Waals surface area contributed by atoms with Gasteiger partial charge < -0.3 is 19.4 Å². The van der Waals surface area contributed by atoms with Gasteiger partial charge in [0.1, 0.15) is 30.0 Å². The molecule has 6 nitrogen and oxygen atoms in total. The van der Waals surface area contributed by atoms with Crippen molar-refractivity contribution in [2.75, 3.05) is 0 Å². The Morgan fingerprint density at radius 3 is 2.74 bits per heavy atom. The van der Waals surface area contributed by atoms with Crippen molar-refractivity contribution in [3.63, 3.8) is 0 Å². The second kappa shape index (κ2) is 6.25. The lowest BCUT2D eigenvalue weighted by Gasteiger charge is -2.06. The van der Waals surface area contributed by atoms with Gasteiger partial charge >= 0.3 is 5.97 Å². The van der Waals surface area contributed by atoms with E-state index in [1.54, 1.807) is 0 Å². The Hall–Kier alpha value is -2.76. The van der Waals surface area contributed by atoms with Gasteiger partial charge in [0, 0.05) is 6.07 Å². The van der Waals surface area contributed by atoms with Crippen LogP contribution < -0.4 is 5.43 Å². The minimum atomic E-state index is -0.844. The smallest absolute Gasteiger partial charge is 0.342 e. The van der Waals surface area contributed by atoms with Gasteiger partial charge in [0.2, 0.25) is 5.43 Å². The molecule has 0 saturated heterocycles. The predicted molar refractivity (Wildman–Crippen MR) is 66.5 cm³/mol. The number of allylic oxidation sites excluding steroid dienone is 2. The molecule has 0 amide bonds. The van der Waals surface area contributed by atoms with Crippen molar-refractivity contribution in [1.82, 2.24) is 0 Å². The number of hydrogen-bond donors (Lipinski definition) is 2. The first-order valence-corrected chi connectivity index (χ1v) is 5.14. The zero-order valence-corrected chi connectivity index (χ0v) is 9.96. The second-order valence-electron chi connectivity index (χ2n) is 3.43. The van der Waals surface area contributed by atoms with Crippen LogP contribution in [0.25, 0.3) is 0 Å². The molecule has 0 aliphatic heterocycles. The van der Waals surface area contributed by atoms with Gasteiger partial charge in [0.05, 0.1) is 0 Å². The molecule has 0 saturated carbocycles. The molecule has 0 atom stereocenters. The summed E-state index contributed by atoms with van der Waals surface area (Å²) in [5.41, 5.74) is -0.804. The molecule has 0 spiro atoms. The first kappa shape index (κ1) is 14.3. The van der Waals surface area contributed by atoms with Gasteiger partial charge in [-0.1, -0.05) is 19.2 Å². The minimum Gasteiger partial charge on any atom is -0.508 e. The quantitative estimate of drug-likeness (QED) is 0.362. The Balaban J connectivity index is 2.75. The number of carbonyl (C=O) groups is 1. The molecule has 0 aromatic carbocycles. The van der Waals surface area contributed by atoms with E-state index in [0.717, 1.165) is 12.3 Å². The summed E-state index contributed by atoms with van der Waals surface area (Å²) in [6.07, 6.45) is 3.37. The minimum absolute atomic E-state index is 0.0534. The highest BCUT2D eigenvalue weighted by Crippen LogP contribution is 2.10. The Labute approximate surface area is 108 Å². The molecule has 100 valence electrons. The van der Waals surface area contributed by atoms with Crippen LogP contribution in [0.1, 0.15) is 5.76 Å². The number of aromatic hydroxyl groups is 1. The molecule has 1 heterocycles. The van der Waals surface area contributed by atoms with Crippen LogP contribution in [0.15, 0.2) is 58.2 Å². The van der Waals surface area contributed by atoms with Crippen LogP contribution >= 0.6 is 0 Å². The molecule has 1 aromatic rings. The summed E-state index contributed by atoms with van der Waals surface area (Å²) in [4.78, 5) is 22.7. The Morgan fingerprint density at radius 1 is 1.53 bits per heavy atom. The van der Waals surface area contributed by atoms with Gasteiger partial charge in [-0.25, -0.2) is 4.79 Å². The highest BCUT2D eigenvalue weighted by atomic mass is 16.5. The number of aliphatic hydroxyl groups is 1. The predicted octanol–water partition coefficient (Wildman–Crippen LogP) is 1.57. The lowest BCUT2D eigenvalue weighted by molar-refractivity contribution is -0.140. The molecule has 0 aliphatic rings. The molecule has 19 heavy (non-hydrogen) atoms. The molecule has 0 fully saturated rings. The lowest BCUT2D eigenvalue weighted by Crippen LogP contribution is -2.10. The topological polar surface area (TPSA) is 97.0 Å². The number of esters is 1. The fraction of sp³-hybridized carbons (Fsp3) is 0.0769. The zero-order chi connectivity index (χ0) is 14.4. The van der Waals surface area contributed by atoms with Gasteiger partial charge in [-0.3, -0.25) is 4.79 Å². The van der Waals surface area contributed by atoms with Crippen LogP contribution in [0.3, 0.4) is 0 Å². The standard InChI is InChI=1S/C13H12O6/c1-3-4-10(8(2)14)13(17)19-6-9-5-11(15)12(16)7-18-9/h3-5,7,14,16H,1-2,6H2/b10-4+. The Bertz CT molecular complexity index is 593. The maximum atomic E-state index is 11.6. The average Bonchev–Trinajstić information content (AvgIpc) is 2.36. The van der Waals surface area contributed by atoms with Gasteiger partial charge in [0.25, 0.3) is 0 Å². The van der Waals surface area contributed by atoms with E-state index in [2.05, 4.69) is 13.2 Å². The lowest BCUT2D eigenvalue weighted by atomic mass is 10.2. The van der Waals surface area contributed by atoms with Crippen LogP contribution in [-0.4, -0.2) is 16.2 Å². The van der Waals surface area contributed by atoms with E-state index in [0.29, 0.717) is 0 Å². The summed E-state index contributed by atoms with van der Waals surface area (Å²) in [5, 5.41) is 18.1. The van der Waals surface area contributed by atoms with Crippen molar-refractivity contribution >= 4 is 5.97 Å². The molecule has 1 aromatic heterocycles. The Morgan fingerprint density at radius 2 is 2.21 bits per heavy atom. The zero-order valence-electron chi connectivity index (χ0n) is 9.96. The maximum Gasteiger partial charge on any atom is 0.342 e. The first-order chi connectivity index (χ1) is 8.95. The third kappa shape index (κ3) is 3.88. The Kier molecular flexibility index (Phi) is 4.70. The van der Waals surface area contributed by atoms with E-state index in [4.69, 9.17) is 14.3 Å². The van der Waals surface area contributed by atoms with Crippen molar-refractivity contribution < 1.29 is 24.2 Å². The molecule has 0 radical (unpaired) electrons. The number of ether oxygens (including phenoxy) is 1. The van der Waals surface area contributed by atoms with E-state index in [-0.39, 0.29) is 17.9 Å². The molecule has 2 N–H and O–H groups in total. The van der Waals surface area contributed by atoms with Gasteiger partial charge in [-0.15, -0.1) is 0 Å². The number of carbonyl (C=O) groups excluding carboxylic acids is 1. The van der Waals surface area contributed by atoms with E-state index < -0.39 is 22.9 Å². The van der Waals surface area contributed by atoms with E-state index in [1.807, 2.05) is 0 Å². The molecule has 0 bridgehead atoms. The SMILES string of the molecule is C=C/C=C(\C(=C)O)C(=O)OCc1cc(=O)c(O)co1. The van der Waals surface area contributed by atoms with Crippen LogP contribution in [0.4, 0.5) is 0 Å². The van der Waals surface area contributed by atoms with Crippen molar-refractivity contribution in [3.05, 3.63) is 65.0 Å². The largest absolute Gasteiger partial charge is 0.508 e. The van der Waals surface area contributed by atoms with Crippen molar-refractivity contribution in [3.8, 4) is 5.75 Å². The van der Waals surface area contributed by atoms with E-state index in [9.17, 15) is 14.7 Å². The second-order valence-corrected chi connectivity index (χ2v) is 3.43. The van der Waals surface area contributed by atoms with Gasteiger partial charge in [0.15, 0.2) is 5.75 Å². The van der Waals surface area contributed by atoms with Gasteiger partial charge in [-0.05, 0) is 6.08 Å². The molecule has 0 unspecified atom stereocenters. The third-order valence-electron chi connectivity index (χ3n) is 2.03. The molecule has 1 rings (SSSR count). The van der Waals surface area contributed by atoms with Gasteiger partial charge in [-0.2, -0.15) is 0 Å². The molecular weight excluding hydrogens is 252 g/mol. The van der Waals surface area contributed by atoms with Crippen molar-refractivity contribution in [2.45, 2.75) is 6.61 Å². The number of hydrogen-bond acceptors (Lipinski definition) is 6. The van der Waals surface area contributed by atoms with E-state index in [1.165, 1.54) is 12.2 Å². The number of rotatable bonds is 5. The first-order valence-electron chi connectivity index (χ1n) is 5.14. The van der Waals surface area contributed by atoms with Crippen molar-refractivity contribution in [2.24, 2.45) is 0 Å². The maximum absolute atomic E-state index is 11.6. The number of aliphatic hydroxyl groups excluding tert-OH is 1. The monoisotopic (exact) mass is 264 g/mol. The van der Waals surface area contributed by atoms with Crippen LogP contribution in [0.2, 0.25) is 0 Å². The average molecular weight is 264 g/mol. The normalized spacial score (nSPS) is 10.8. The van der Waals surface area contributed by atoms with Crippen LogP contribution in [0, 0.1) is 0 Å². The van der Waals surface area contributed by atoms with E-state index >= 15 is 0 Å². The highest BCUT2D eigenvalue weighted by Gasteiger charge is 2.14. The fourth-order valence-electron chi connectivity index (χ4n) is 1.13. The summed E-state index contributed by atoms with van der Waals surface area (Å²) in [7, 11) is 0. The fourth-order valence-corrected chi connectivity index (χ4v) is 1.13. The van der Waals surface area contributed by atoms with Crippen molar-refractivity contribution in [1.29, 1.82) is 0 Å². The highest BCUT2D eigenvalue weighted by molar-refractivity contribution is 5.92. The summed E-state index contributed by atoms with van der Waals surface area (Å²) >= 11 is 0. The summed E-state index contributed by atoms with van der Waals surface area (Å²) in [5.74, 6) is -1.79. The molecule has 6 heteroatoms. The van der Waals surface area contributed by atoms with Crippen LogP contribution in [-0.2, 0) is 16.1 Å². The molecule has 0 aliphatic carbocycles. The summed E-state index contributed by atoms with van der Waals surface area (Å²) in [6.45, 7) is 6.27. The van der Waals surface area contributed by atoms with Crippen LogP contribution in [0.5, 0.6) is 5.75 Å². The molecular formula is C13H12O6. The summed E-state index contributed by atoms with van der Waals surface area (Å²) < 4.78 is 9.65. The third-order valence-corrected chi connectivity index (χ3v) is 2.03.